The molecule has 0 atom stereocenters. The Morgan fingerprint density at radius 2 is 1.90 bits per heavy atom. The van der Waals surface area contributed by atoms with Gasteiger partial charge in [-0.1, -0.05) is 6.92 Å². The van der Waals surface area contributed by atoms with Gasteiger partial charge in [-0.25, -0.2) is 4.98 Å². The molecule has 0 bridgehead atoms. The summed E-state index contributed by atoms with van der Waals surface area (Å²) in [7, 11) is 2.16. The van der Waals surface area contributed by atoms with Gasteiger partial charge in [0.05, 0.1) is 12.3 Å². The third kappa shape index (κ3) is 2.73. The van der Waals surface area contributed by atoms with Gasteiger partial charge in [0.15, 0.2) is 0 Å². The van der Waals surface area contributed by atoms with Crippen molar-refractivity contribution >= 4 is 5.95 Å². The minimum Gasteiger partial charge on any atom is -0.477 e. The molecule has 0 saturated carbocycles. The first-order valence-electron chi connectivity index (χ1n) is 7.74. The highest BCUT2D eigenvalue weighted by atomic mass is 16.5. The Labute approximate surface area is 121 Å². The number of fused-ring (bicyclic) bond motifs is 1. The molecular formula is C15H24N4O. The highest BCUT2D eigenvalue weighted by Crippen LogP contribution is 2.30. The second-order valence-electron chi connectivity index (χ2n) is 5.75. The zero-order valence-corrected chi connectivity index (χ0v) is 12.6. The number of aryl methyl sites for hydroxylation is 1. The SMILES string of the molecule is CCCOc1nc(N2CCN(C)CC2)nc2c1CCC2. The number of anilines is 1. The minimum absolute atomic E-state index is 0.742. The minimum atomic E-state index is 0.742. The summed E-state index contributed by atoms with van der Waals surface area (Å²) in [5, 5.41) is 0. The van der Waals surface area contributed by atoms with Crippen LogP contribution in [0.4, 0.5) is 5.95 Å². The van der Waals surface area contributed by atoms with E-state index in [9.17, 15) is 0 Å². The van der Waals surface area contributed by atoms with Gasteiger partial charge in [0.1, 0.15) is 0 Å². The fourth-order valence-corrected chi connectivity index (χ4v) is 2.85. The van der Waals surface area contributed by atoms with Crippen molar-refractivity contribution in [2.45, 2.75) is 32.6 Å². The maximum atomic E-state index is 5.86. The Morgan fingerprint density at radius 3 is 2.65 bits per heavy atom. The summed E-state index contributed by atoms with van der Waals surface area (Å²) in [5.74, 6) is 1.70. The van der Waals surface area contributed by atoms with Crippen molar-refractivity contribution in [3.8, 4) is 5.88 Å². The van der Waals surface area contributed by atoms with Crippen LogP contribution in [0, 0.1) is 0 Å². The van der Waals surface area contributed by atoms with E-state index in [0.29, 0.717) is 0 Å². The first-order valence-corrected chi connectivity index (χ1v) is 7.74. The van der Waals surface area contributed by atoms with Crippen molar-refractivity contribution < 1.29 is 4.74 Å². The Balaban J connectivity index is 1.84. The lowest BCUT2D eigenvalue weighted by molar-refractivity contribution is 0.297. The first kappa shape index (κ1) is 13.6. The number of piperazine rings is 1. The molecule has 0 radical (unpaired) electrons. The second kappa shape index (κ2) is 5.95. The molecule has 3 rings (SSSR count). The summed E-state index contributed by atoms with van der Waals surface area (Å²) in [6.07, 6.45) is 4.33. The molecule has 1 aromatic rings. The molecule has 1 aliphatic heterocycles. The molecule has 2 aliphatic rings. The fraction of sp³-hybridized carbons (Fsp3) is 0.733. The number of hydrogen-bond donors (Lipinski definition) is 0. The molecule has 5 heteroatoms. The van der Waals surface area contributed by atoms with E-state index in [4.69, 9.17) is 14.7 Å². The van der Waals surface area contributed by atoms with Gasteiger partial charge in [0.25, 0.3) is 0 Å². The van der Waals surface area contributed by atoms with Crippen molar-refractivity contribution in [2.75, 3.05) is 44.7 Å². The Hall–Kier alpha value is -1.36. The third-order valence-electron chi connectivity index (χ3n) is 4.11. The highest BCUT2D eigenvalue weighted by molar-refractivity contribution is 5.42. The molecule has 110 valence electrons. The number of rotatable bonds is 4. The normalized spacial score (nSPS) is 19.2. The highest BCUT2D eigenvalue weighted by Gasteiger charge is 2.24. The van der Waals surface area contributed by atoms with Crippen LogP contribution in [0.2, 0.25) is 0 Å². The van der Waals surface area contributed by atoms with Crippen molar-refractivity contribution in [3.05, 3.63) is 11.3 Å². The number of likely N-dealkylation sites (N-methyl/N-ethyl adjacent to an activating group) is 1. The number of hydrogen-bond acceptors (Lipinski definition) is 5. The van der Waals surface area contributed by atoms with E-state index >= 15 is 0 Å². The third-order valence-corrected chi connectivity index (χ3v) is 4.11. The molecule has 0 amide bonds. The van der Waals surface area contributed by atoms with Gasteiger partial charge >= 0.3 is 0 Å². The summed E-state index contributed by atoms with van der Waals surface area (Å²) in [4.78, 5) is 14.1. The van der Waals surface area contributed by atoms with E-state index in [1.807, 2.05) is 0 Å². The molecule has 2 heterocycles. The zero-order valence-electron chi connectivity index (χ0n) is 12.6. The van der Waals surface area contributed by atoms with E-state index in [2.05, 4.69) is 23.8 Å². The van der Waals surface area contributed by atoms with E-state index in [1.165, 1.54) is 17.7 Å². The number of ether oxygens (including phenoxy) is 1. The van der Waals surface area contributed by atoms with Gasteiger partial charge in [-0.05, 0) is 32.7 Å². The van der Waals surface area contributed by atoms with Crippen LogP contribution in [-0.2, 0) is 12.8 Å². The number of aromatic nitrogens is 2. The molecule has 0 unspecified atom stereocenters. The van der Waals surface area contributed by atoms with Crippen LogP contribution >= 0.6 is 0 Å². The van der Waals surface area contributed by atoms with Crippen LogP contribution in [0.5, 0.6) is 5.88 Å². The maximum absolute atomic E-state index is 5.86. The van der Waals surface area contributed by atoms with Gasteiger partial charge in [0, 0.05) is 31.7 Å². The summed E-state index contributed by atoms with van der Waals surface area (Å²) >= 11 is 0. The van der Waals surface area contributed by atoms with E-state index in [-0.39, 0.29) is 0 Å². The number of nitrogens with zero attached hydrogens (tertiary/aromatic N) is 4. The van der Waals surface area contributed by atoms with Crippen molar-refractivity contribution in [3.63, 3.8) is 0 Å². The van der Waals surface area contributed by atoms with Gasteiger partial charge in [-0.2, -0.15) is 4.98 Å². The van der Waals surface area contributed by atoms with Crippen molar-refractivity contribution in [1.29, 1.82) is 0 Å². The van der Waals surface area contributed by atoms with E-state index in [1.54, 1.807) is 0 Å². The summed E-state index contributed by atoms with van der Waals surface area (Å²) < 4.78 is 5.86. The summed E-state index contributed by atoms with van der Waals surface area (Å²) in [6.45, 7) is 7.02. The average molecular weight is 276 g/mol. The van der Waals surface area contributed by atoms with Crippen LogP contribution in [0.15, 0.2) is 0 Å². The fourth-order valence-electron chi connectivity index (χ4n) is 2.85. The molecule has 0 aromatic carbocycles. The molecule has 0 N–H and O–H groups in total. The quantitative estimate of drug-likeness (QED) is 0.834. The van der Waals surface area contributed by atoms with Crippen LogP contribution in [-0.4, -0.2) is 54.7 Å². The van der Waals surface area contributed by atoms with Crippen LogP contribution in [0.25, 0.3) is 0 Å². The van der Waals surface area contributed by atoms with Crippen molar-refractivity contribution in [1.82, 2.24) is 14.9 Å². The largest absolute Gasteiger partial charge is 0.477 e. The van der Waals surface area contributed by atoms with Crippen LogP contribution in [0.3, 0.4) is 0 Å². The molecule has 5 nitrogen and oxygen atoms in total. The summed E-state index contributed by atoms with van der Waals surface area (Å²) in [6, 6.07) is 0. The maximum Gasteiger partial charge on any atom is 0.228 e. The Bertz CT molecular complexity index is 469. The Kier molecular flexibility index (Phi) is 4.05. The first-order chi connectivity index (χ1) is 9.78. The molecular weight excluding hydrogens is 252 g/mol. The van der Waals surface area contributed by atoms with Gasteiger partial charge in [0.2, 0.25) is 11.8 Å². The zero-order chi connectivity index (χ0) is 13.9. The van der Waals surface area contributed by atoms with Gasteiger partial charge in [-0.3, -0.25) is 0 Å². The molecule has 1 aliphatic carbocycles. The molecule has 1 aromatic heterocycles. The lowest BCUT2D eigenvalue weighted by Crippen LogP contribution is -2.45. The molecule has 1 saturated heterocycles. The van der Waals surface area contributed by atoms with Gasteiger partial charge < -0.3 is 14.5 Å². The predicted molar refractivity (Wildman–Crippen MR) is 79.6 cm³/mol. The Morgan fingerprint density at radius 1 is 1.10 bits per heavy atom. The lowest BCUT2D eigenvalue weighted by atomic mass is 10.2. The molecule has 0 spiro atoms. The smallest absolute Gasteiger partial charge is 0.228 e. The average Bonchev–Trinajstić information content (AvgIpc) is 2.94. The predicted octanol–water partition coefficient (Wildman–Crippen LogP) is 1.51. The van der Waals surface area contributed by atoms with E-state index in [0.717, 1.165) is 63.9 Å². The standard InChI is InChI=1S/C15H24N4O/c1-3-11-20-14-12-5-4-6-13(12)16-15(17-14)19-9-7-18(2)8-10-19/h3-11H2,1-2H3. The second-order valence-corrected chi connectivity index (χ2v) is 5.75. The van der Waals surface area contributed by atoms with Crippen molar-refractivity contribution in [2.24, 2.45) is 0 Å². The topological polar surface area (TPSA) is 41.5 Å². The van der Waals surface area contributed by atoms with Crippen LogP contribution in [0.1, 0.15) is 31.0 Å². The lowest BCUT2D eigenvalue weighted by Gasteiger charge is -2.32. The molecule has 1 fully saturated rings. The monoisotopic (exact) mass is 276 g/mol. The van der Waals surface area contributed by atoms with Crippen LogP contribution < -0.4 is 9.64 Å². The van der Waals surface area contributed by atoms with E-state index < -0.39 is 0 Å². The van der Waals surface area contributed by atoms with Gasteiger partial charge in [-0.15, -0.1) is 0 Å². The molecule has 20 heavy (non-hydrogen) atoms. The summed E-state index contributed by atoms with van der Waals surface area (Å²) in [5.41, 5.74) is 2.45.